The molecule has 4 aromatic rings. The summed E-state index contributed by atoms with van der Waals surface area (Å²) in [7, 11) is 1.68. The number of halogens is 1. The number of anilines is 3. The van der Waals surface area contributed by atoms with Crippen LogP contribution in [0.4, 0.5) is 17.3 Å². The molecule has 0 fully saturated rings. The maximum absolute atomic E-state index is 12.8. The zero-order valence-corrected chi connectivity index (χ0v) is 19.2. The second-order valence-corrected chi connectivity index (χ2v) is 9.97. The second-order valence-electron chi connectivity index (χ2n) is 6.07. The number of aromatic nitrogens is 2. The van der Waals surface area contributed by atoms with Crippen molar-refractivity contribution >= 4 is 66.6 Å². The van der Waals surface area contributed by atoms with Gasteiger partial charge in [0.25, 0.3) is 0 Å². The number of hydrogen-bond acceptors (Lipinski definition) is 7. The molecule has 0 aliphatic carbocycles. The van der Waals surface area contributed by atoms with Gasteiger partial charge in [-0.05, 0) is 40.2 Å². The van der Waals surface area contributed by atoms with Crippen molar-refractivity contribution in [2.75, 3.05) is 24.3 Å². The standard InChI is InChI=1S/C20H17BrN4O3S2/c1-27-13-9-12(10-14(11-13)28-2)22-19-20(24-16-6-4-3-5-15(16)23-19)25-30(26)18-8-7-17(21)29-18/h3-11H,1-2H3,(H,22,23)(H,24,25). The van der Waals surface area contributed by atoms with Crippen molar-refractivity contribution < 1.29 is 13.7 Å². The number of ether oxygens (including phenoxy) is 2. The third kappa shape index (κ3) is 4.55. The summed E-state index contributed by atoms with van der Waals surface area (Å²) in [4.78, 5) is 9.31. The molecule has 2 N–H and O–H groups in total. The Morgan fingerprint density at radius 2 is 1.57 bits per heavy atom. The Balaban J connectivity index is 1.74. The number of benzene rings is 2. The summed E-state index contributed by atoms with van der Waals surface area (Å²) in [5.41, 5.74) is 2.10. The predicted molar refractivity (Wildman–Crippen MR) is 124 cm³/mol. The lowest BCUT2D eigenvalue weighted by Crippen LogP contribution is -2.09. The van der Waals surface area contributed by atoms with E-state index >= 15 is 0 Å². The van der Waals surface area contributed by atoms with Gasteiger partial charge in [-0.25, -0.2) is 14.2 Å². The summed E-state index contributed by atoms with van der Waals surface area (Å²) in [6, 6.07) is 16.6. The van der Waals surface area contributed by atoms with Crippen LogP contribution < -0.4 is 19.5 Å². The van der Waals surface area contributed by atoms with E-state index < -0.39 is 11.0 Å². The van der Waals surface area contributed by atoms with Crippen molar-refractivity contribution in [2.24, 2.45) is 0 Å². The van der Waals surface area contributed by atoms with Crippen LogP contribution in [0, 0.1) is 0 Å². The Morgan fingerprint density at radius 3 is 2.13 bits per heavy atom. The van der Waals surface area contributed by atoms with Crippen molar-refractivity contribution in [1.29, 1.82) is 0 Å². The van der Waals surface area contributed by atoms with E-state index in [1.807, 2.05) is 42.5 Å². The number of rotatable bonds is 7. The van der Waals surface area contributed by atoms with E-state index in [0.717, 1.165) is 3.79 Å². The van der Waals surface area contributed by atoms with Gasteiger partial charge in [-0.1, -0.05) is 12.1 Å². The number of methoxy groups -OCH3 is 2. The molecule has 7 nitrogen and oxygen atoms in total. The fourth-order valence-corrected chi connectivity index (χ4v) is 5.46. The largest absolute Gasteiger partial charge is 0.497 e. The molecule has 0 aliphatic rings. The van der Waals surface area contributed by atoms with E-state index in [9.17, 15) is 4.21 Å². The minimum absolute atomic E-state index is 0.373. The fourth-order valence-electron chi connectivity index (χ4n) is 2.71. The van der Waals surface area contributed by atoms with E-state index in [1.165, 1.54) is 11.3 Å². The molecule has 4 rings (SSSR count). The molecule has 0 saturated heterocycles. The molecule has 0 saturated carbocycles. The smallest absolute Gasteiger partial charge is 0.182 e. The molecule has 2 heterocycles. The third-order valence-electron chi connectivity index (χ3n) is 4.11. The molecule has 1 atom stereocenters. The van der Waals surface area contributed by atoms with Crippen molar-refractivity contribution in [2.45, 2.75) is 4.21 Å². The Hall–Kier alpha value is -2.69. The molecule has 0 radical (unpaired) electrons. The first-order valence-corrected chi connectivity index (χ1v) is 11.5. The van der Waals surface area contributed by atoms with E-state index in [2.05, 4.69) is 35.9 Å². The molecular weight excluding hydrogens is 488 g/mol. The number of thiophene rings is 1. The number of nitrogens with zero attached hydrogens (tertiary/aromatic N) is 2. The van der Waals surface area contributed by atoms with Crippen LogP contribution in [-0.4, -0.2) is 28.4 Å². The topological polar surface area (TPSA) is 85.4 Å². The molecular formula is C20H17BrN4O3S2. The number of nitrogens with one attached hydrogen (secondary N) is 2. The Kier molecular flexibility index (Phi) is 6.16. The van der Waals surface area contributed by atoms with Crippen molar-refractivity contribution in [3.63, 3.8) is 0 Å². The van der Waals surface area contributed by atoms with Gasteiger partial charge in [-0.15, -0.1) is 11.3 Å². The lowest BCUT2D eigenvalue weighted by Gasteiger charge is -2.14. The molecule has 2 aromatic heterocycles. The highest BCUT2D eigenvalue weighted by Gasteiger charge is 2.15. The van der Waals surface area contributed by atoms with Gasteiger partial charge in [-0.3, -0.25) is 4.72 Å². The first-order valence-electron chi connectivity index (χ1n) is 8.76. The molecule has 2 aromatic carbocycles. The zero-order chi connectivity index (χ0) is 21.1. The zero-order valence-electron chi connectivity index (χ0n) is 16.0. The van der Waals surface area contributed by atoms with Gasteiger partial charge in [0.1, 0.15) is 15.7 Å². The highest BCUT2D eigenvalue weighted by atomic mass is 79.9. The van der Waals surface area contributed by atoms with Crippen molar-refractivity contribution in [3.8, 4) is 11.5 Å². The van der Waals surface area contributed by atoms with Crippen LogP contribution in [0.3, 0.4) is 0 Å². The quantitative estimate of drug-likeness (QED) is 0.352. The number of para-hydroxylation sites is 2. The van der Waals surface area contributed by atoms with Gasteiger partial charge >= 0.3 is 0 Å². The normalized spacial score (nSPS) is 11.8. The van der Waals surface area contributed by atoms with Crippen LogP contribution in [0.5, 0.6) is 11.5 Å². The van der Waals surface area contributed by atoms with Gasteiger partial charge in [0, 0.05) is 23.9 Å². The van der Waals surface area contributed by atoms with Crippen LogP contribution in [0.15, 0.2) is 62.6 Å². The van der Waals surface area contributed by atoms with E-state index in [0.29, 0.717) is 44.1 Å². The summed E-state index contributed by atoms with van der Waals surface area (Å²) in [5, 5.41) is 3.24. The molecule has 0 amide bonds. The molecule has 1 unspecified atom stereocenters. The summed E-state index contributed by atoms with van der Waals surface area (Å²) in [5.74, 6) is 2.07. The van der Waals surface area contributed by atoms with E-state index in [-0.39, 0.29) is 0 Å². The predicted octanol–water partition coefficient (Wildman–Crippen LogP) is 5.35. The summed E-state index contributed by atoms with van der Waals surface area (Å²) in [6.45, 7) is 0. The van der Waals surface area contributed by atoms with Gasteiger partial charge in [0.15, 0.2) is 22.6 Å². The van der Waals surface area contributed by atoms with Crippen LogP contribution in [0.1, 0.15) is 0 Å². The molecule has 30 heavy (non-hydrogen) atoms. The van der Waals surface area contributed by atoms with Crippen molar-refractivity contribution in [3.05, 3.63) is 58.4 Å². The van der Waals surface area contributed by atoms with Gasteiger partial charge < -0.3 is 14.8 Å². The van der Waals surface area contributed by atoms with Crippen molar-refractivity contribution in [1.82, 2.24) is 9.97 Å². The number of fused-ring (bicyclic) bond motifs is 1. The minimum Gasteiger partial charge on any atom is -0.497 e. The molecule has 0 spiro atoms. The highest BCUT2D eigenvalue weighted by molar-refractivity contribution is 9.11. The first-order chi connectivity index (χ1) is 14.6. The van der Waals surface area contributed by atoms with E-state index in [4.69, 9.17) is 9.47 Å². The van der Waals surface area contributed by atoms with Crippen LogP contribution in [0.2, 0.25) is 0 Å². The monoisotopic (exact) mass is 504 g/mol. The molecule has 0 bridgehead atoms. The minimum atomic E-state index is -1.49. The van der Waals surface area contributed by atoms with Gasteiger partial charge in [-0.2, -0.15) is 0 Å². The fraction of sp³-hybridized carbons (Fsp3) is 0.100. The van der Waals surface area contributed by atoms with Crippen LogP contribution >= 0.6 is 27.3 Å². The SMILES string of the molecule is COc1cc(Nc2nc3ccccc3nc2NS(=O)c2ccc(Br)s2)cc(OC)c1. The van der Waals surface area contributed by atoms with E-state index in [1.54, 1.807) is 26.4 Å². The summed E-state index contributed by atoms with van der Waals surface area (Å²) in [6.07, 6.45) is 0. The van der Waals surface area contributed by atoms with Gasteiger partial charge in [0.05, 0.1) is 29.0 Å². The first kappa shape index (κ1) is 20.6. The molecule has 10 heteroatoms. The average Bonchev–Trinajstić information content (AvgIpc) is 3.20. The highest BCUT2D eigenvalue weighted by Crippen LogP contribution is 2.32. The lowest BCUT2D eigenvalue weighted by atomic mass is 10.2. The summed E-state index contributed by atoms with van der Waals surface area (Å²) < 4.78 is 28.0. The van der Waals surface area contributed by atoms with Crippen LogP contribution in [-0.2, 0) is 11.0 Å². The van der Waals surface area contributed by atoms with Crippen LogP contribution in [0.25, 0.3) is 11.0 Å². The maximum atomic E-state index is 12.8. The molecule has 0 aliphatic heterocycles. The Bertz CT molecular complexity index is 1210. The third-order valence-corrected chi connectivity index (χ3v) is 7.11. The Morgan fingerprint density at radius 1 is 0.933 bits per heavy atom. The Labute approximate surface area is 188 Å². The average molecular weight is 505 g/mol. The molecule has 154 valence electrons. The summed E-state index contributed by atoms with van der Waals surface area (Å²) >= 11 is 4.79. The number of hydrogen-bond donors (Lipinski definition) is 2. The lowest BCUT2D eigenvalue weighted by molar-refractivity contribution is 0.395. The second kappa shape index (κ2) is 8.99. The van der Waals surface area contributed by atoms with Gasteiger partial charge in [0.2, 0.25) is 0 Å². The maximum Gasteiger partial charge on any atom is 0.182 e.